The number of amides is 2. The van der Waals surface area contributed by atoms with E-state index in [1.54, 1.807) is 4.68 Å². The highest BCUT2D eigenvalue weighted by atomic mass is 16.7. The summed E-state index contributed by atoms with van der Waals surface area (Å²) in [4.78, 5) is 75.9. The van der Waals surface area contributed by atoms with Crippen LogP contribution >= 0.6 is 0 Å². The number of ether oxygens (including phenoxy) is 8. The van der Waals surface area contributed by atoms with E-state index in [1.165, 1.54) is 58.7 Å². The molecular formula is C70H104B2N6O22. The Morgan fingerprint density at radius 3 is 1.50 bits per heavy atom. The first-order valence-corrected chi connectivity index (χ1v) is 33.7. The van der Waals surface area contributed by atoms with Gasteiger partial charge in [-0.05, 0) is 141 Å². The number of aliphatic carboxylic acids is 2. The van der Waals surface area contributed by atoms with E-state index >= 15 is 0 Å². The quantitative estimate of drug-likeness (QED) is 0.00878. The van der Waals surface area contributed by atoms with E-state index in [2.05, 4.69) is 91.8 Å². The van der Waals surface area contributed by atoms with Crippen molar-refractivity contribution in [1.82, 2.24) is 25.6 Å². The second kappa shape index (κ2) is 49.0. The maximum Gasteiger partial charge on any atom is 0.335 e. The molecule has 552 valence electrons. The lowest BCUT2D eigenvalue weighted by Gasteiger charge is -2.38. The first-order valence-electron chi connectivity index (χ1n) is 33.7. The smallest absolute Gasteiger partial charge is 0.335 e. The molecule has 2 fully saturated rings. The number of aromatic nitrogens is 3. The zero-order valence-corrected chi connectivity index (χ0v) is 59.5. The van der Waals surface area contributed by atoms with Crippen LogP contribution in [0.3, 0.4) is 0 Å². The second-order valence-electron chi connectivity index (χ2n) is 23.1. The van der Waals surface area contributed by atoms with Gasteiger partial charge in [-0.2, -0.15) is 0 Å². The largest absolute Gasteiger partial charge is 0.479 e. The molecule has 2 aliphatic heterocycles. The topological polar surface area (TPSA) is 405 Å². The highest BCUT2D eigenvalue weighted by Gasteiger charge is 2.49. The Bertz CT molecular complexity index is 3160. The standard InChI is InChI=1S/C34H47BN4O12.C32H45BN2O10.2C2H6/c1-4-7-21(2)8-5-9-22(3)10-6-14-39-17-24(37-38-39)19-48-20-47-15-13-36-31(43)25-16-23(18-49-34(35)46)11-12-26(25)50-33-29(42)27(40)28(41)30(51-33)32(44)45;1-5-8-19(2)9-6-10-20(3)11-12-21(4)34-15-7-16-35-29(39)23-17-22(18-43-32(33)42)13-14-24(23)44-31-27(38)25(36)26(37)28(45-31)30(40)41;2*1-2/h7,9,11-12,16-17,27-30,33,40-42H,4-6,8,10,13-15,18-20H2,1-3H3,(H,36,43)(H,44,45);8,10,13-14,17,25-28,31,36-38H,5-7,9,11-12,15-16,18H2,1-4H3,(H,35,39)(H,40,41);2*1-2H3/b21-7+,22-9+;19-8+,20-10+,34-21?;;/t27-,28-,29+,30-,33+;25-,26-,27+,28-,31+;;/m00../s1. The van der Waals surface area contributed by atoms with Crippen LogP contribution in [-0.4, -0.2) is 207 Å². The number of hydrogen-bond donors (Lipinski definition) is 10. The number of aliphatic hydroxyl groups excluding tert-OH is 6. The van der Waals surface area contributed by atoms with Crippen molar-refractivity contribution in [3.63, 3.8) is 0 Å². The molecule has 3 aromatic rings. The molecule has 2 aromatic carbocycles. The fraction of sp³-hybridized carbons (Fsp3) is 0.586. The van der Waals surface area contributed by atoms with Crippen LogP contribution in [0.2, 0.25) is 0 Å². The number of aliphatic imine (C=N–C) groups is 1. The van der Waals surface area contributed by atoms with Crippen molar-refractivity contribution < 1.29 is 108 Å². The zero-order valence-electron chi connectivity index (χ0n) is 59.5. The third kappa shape index (κ3) is 32.8. The molecule has 1 aromatic heterocycles. The van der Waals surface area contributed by atoms with Crippen LogP contribution in [-0.2, 0) is 64.4 Å². The molecule has 4 radical (unpaired) electrons. The fourth-order valence-corrected chi connectivity index (χ4v) is 9.68. The number of nitrogens with zero attached hydrogens (tertiary/aromatic N) is 4. The molecule has 30 heteroatoms. The third-order valence-corrected chi connectivity index (χ3v) is 15.0. The Labute approximate surface area is 589 Å². The molecule has 3 heterocycles. The van der Waals surface area contributed by atoms with Crippen molar-refractivity contribution in [1.29, 1.82) is 0 Å². The Kier molecular flexibility index (Phi) is 43.4. The monoisotopic (exact) mass is 1400 g/mol. The summed E-state index contributed by atoms with van der Waals surface area (Å²) in [5.74, 6) is -6.73. The predicted molar refractivity (Wildman–Crippen MR) is 373 cm³/mol. The number of benzene rings is 2. The fourth-order valence-electron chi connectivity index (χ4n) is 9.68. The summed E-state index contributed by atoms with van der Waals surface area (Å²) >= 11 is 0. The highest BCUT2D eigenvalue weighted by molar-refractivity contribution is 6.55. The minimum absolute atomic E-state index is 0.0359. The van der Waals surface area contributed by atoms with Crippen molar-refractivity contribution in [2.75, 3.05) is 33.0 Å². The summed E-state index contributed by atoms with van der Waals surface area (Å²) in [6.45, 7) is 24.1. The van der Waals surface area contributed by atoms with Crippen LogP contribution < -0.4 is 20.1 Å². The maximum atomic E-state index is 13.2. The number of aryl methyl sites for hydroxylation is 1. The molecule has 0 unspecified atom stereocenters. The number of allylic oxidation sites excluding steroid dienone is 8. The highest BCUT2D eigenvalue weighted by Crippen LogP contribution is 2.30. The summed E-state index contributed by atoms with van der Waals surface area (Å²) < 4.78 is 43.9. The van der Waals surface area contributed by atoms with E-state index in [-0.39, 0.29) is 68.9 Å². The van der Waals surface area contributed by atoms with Gasteiger partial charge in [0.15, 0.2) is 12.2 Å². The van der Waals surface area contributed by atoms with E-state index in [1.807, 2.05) is 40.8 Å². The molecule has 10 atom stereocenters. The zero-order chi connectivity index (χ0) is 74.9. The molecular weight excluding hydrogens is 1300 g/mol. The summed E-state index contributed by atoms with van der Waals surface area (Å²) in [6.07, 6.45) is 2.96. The van der Waals surface area contributed by atoms with E-state index in [0.29, 0.717) is 29.8 Å². The number of hydrogen-bond acceptors (Lipinski definition) is 23. The molecule has 10 N–H and O–H groups in total. The minimum atomic E-state index is -1.92. The number of carbonyl (C=O) groups excluding carboxylic acids is 4. The predicted octanol–water partition coefficient (Wildman–Crippen LogP) is 7.40. The number of carboxylic acid groups (broad SMARTS) is 2. The lowest BCUT2D eigenvalue weighted by Crippen LogP contribution is -2.61. The van der Waals surface area contributed by atoms with E-state index < -0.39 is 96.9 Å². The van der Waals surface area contributed by atoms with Gasteiger partial charge in [0.25, 0.3) is 11.8 Å². The Hall–Kier alpha value is -7.64. The van der Waals surface area contributed by atoms with Crippen molar-refractivity contribution in [3.8, 4) is 11.5 Å². The first-order chi connectivity index (χ1) is 47.7. The number of aliphatic hydroxyl groups is 6. The van der Waals surface area contributed by atoms with Gasteiger partial charge in [0.05, 0.1) is 30.5 Å². The van der Waals surface area contributed by atoms with Crippen molar-refractivity contribution in [3.05, 3.63) is 117 Å². The van der Waals surface area contributed by atoms with Crippen molar-refractivity contribution in [2.45, 2.75) is 235 Å². The average Bonchev–Trinajstić information content (AvgIpc) is 0.883. The van der Waals surface area contributed by atoms with Gasteiger partial charge < -0.3 is 89.4 Å². The summed E-state index contributed by atoms with van der Waals surface area (Å²) in [7, 11) is 10.1. The van der Waals surface area contributed by atoms with Crippen molar-refractivity contribution in [2.24, 2.45) is 4.99 Å². The molecule has 0 saturated carbocycles. The van der Waals surface area contributed by atoms with Crippen LogP contribution in [0.1, 0.15) is 184 Å². The Morgan fingerprint density at radius 2 is 1.04 bits per heavy atom. The molecule has 0 bridgehead atoms. The Morgan fingerprint density at radius 1 is 0.580 bits per heavy atom. The number of nitrogens with one attached hydrogen (secondary N) is 2. The van der Waals surface area contributed by atoms with Gasteiger partial charge in [-0.25, -0.2) is 9.59 Å². The number of rotatable bonds is 38. The first kappa shape index (κ1) is 88.4. The molecule has 0 aliphatic carbocycles. The summed E-state index contributed by atoms with van der Waals surface area (Å²) in [6, 6.07) is 8.23. The van der Waals surface area contributed by atoms with Gasteiger partial charge in [0.1, 0.15) is 73.8 Å². The SMILES string of the molecule is CC.CC.[B]C(=O)OCc1ccc(O[C@@H]2O[C@H](C(=O)O)[C@@H](O)[C@H](O)[C@H]2O)c(C(=O)NCCCN=C(C)CC/C(C)=C/CC/C(C)=C/CC)c1.[B]C(=O)OCc1ccc(O[C@@H]2O[C@H](C(=O)O)[C@@H](O)[C@H](O)[C@H]2O)c(C(=O)NCCOCOCc2cn(CCC/C(C)=C/CC/C(C)=C/CC)nn2)c1. The number of carboxylic acids is 2. The third-order valence-electron chi connectivity index (χ3n) is 15.0. The van der Waals surface area contributed by atoms with Crippen LogP contribution in [0.4, 0.5) is 9.59 Å². The normalized spacial score (nSPS) is 20.9. The lowest BCUT2D eigenvalue weighted by molar-refractivity contribution is -0.271. The van der Waals surface area contributed by atoms with Gasteiger partial charge in [-0.15, -0.1) is 5.10 Å². The average molecular weight is 1400 g/mol. The molecule has 5 rings (SSSR count). The van der Waals surface area contributed by atoms with Gasteiger partial charge >= 0.3 is 11.9 Å². The summed E-state index contributed by atoms with van der Waals surface area (Å²) in [5, 5.41) is 93.1. The summed E-state index contributed by atoms with van der Waals surface area (Å²) in [5.41, 5.74) is 7.80. The van der Waals surface area contributed by atoms with E-state index in [0.717, 1.165) is 76.5 Å². The van der Waals surface area contributed by atoms with Crippen LogP contribution in [0.15, 0.2) is 94.2 Å². The minimum Gasteiger partial charge on any atom is -0.479 e. The molecule has 2 saturated heterocycles. The van der Waals surface area contributed by atoms with Gasteiger partial charge in [0, 0.05) is 31.9 Å². The maximum absolute atomic E-state index is 13.2. The van der Waals surface area contributed by atoms with Gasteiger partial charge in [-0.3, -0.25) is 28.9 Å². The molecule has 2 amide bonds. The van der Waals surface area contributed by atoms with Gasteiger partial charge in [-0.1, -0.05) is 105 Å². The number of carbonyl (C=O) groups is 6. The van der Waals surface area contributed by atoms with E-state index in [4.69, 9.17) is 53.6 Å². The molecule has 28 nitrogen and oxygen atoms in total. The molecule has 100 heavy (non-hydrogen) atoms. The van der Waals surface area contributed by atoms with Crippen LogP contribution in [0.25, 0.3) is 0 Å². The molecule has 2 aliphatic rings. The molecule has 0 spiro atoms. The van der Waals surface area contributed by atoms with Crippen molar-refractivity contribution >= 4 is 56.9 Å². The van der Waals surface area contributed by atoms with E-state index in [9.17, 15) is 69.6 Å². The Balaban J connectivity index is 0.000000653. The lowest BCUT2D eigenvalue weighted by atomic mass is 9.99. The second-order valence-corrected chi connectivity index (χ2v) is 23.1. The van der Waals surface area contributed by atoms with Gasteiger partial charge in [0.2, 0.25) is 40.0 Å². The van der Waals surface area contributed by atoms with Crippen LogP contribution in [0, 0.1) is 0 Å². The van der Waals surface area contributed by atoms with Crippen LogP contribution in [0.5, 0.6) is 11.5 Å².